The Hall–Kier alpha value is -6.39. The second kappa shape index (κ2) is 10.1. The topological polar surface area (TPSA) is 51.8 Å². The molecule has 0 unspecified atom stereocenters. The number of hydrogen-bond acceptors (Lipinski definition) is 4. The summed E-state index contributed by atoms with van der Waals surface area (Å²) in [5.74, 6) is 1.88. The van der Waals surface area contributed by atoms with Crippen LogP contribution in [0, 0.1) is 0 Å². The summed E-state index contributed by atoms with van der Waals surface area (Å²) in [6, 6.07) is 52.8. The summed E-state index contributed by atoms with van der Waals surface area (Å²) in [6.45, 7) is 0. The van der Waals surface area contributed by atoms with Gasteiger partial charge in [-0.25, -0.2) is 15.0 Å². The number of nitrogens with zero attached hydrogens (tertiary/aromatic N) is 3. The van der Waals surface area contributed by atoms with Gasteiger partial charge in [-0.2, -0.15) is 0 Å². The van der Waals surface area contributed by atoms with Gasteiger partial charge in [0.05, 0.1) is 0 Å². The second-order valence-corrected chi connectivity index (χ2v) is 12.0. The summed E-state index contributed by atoms with van der Waals surface area (Å²) < 4.78 is 6.23. The largest absolute Gasteiger partial charge is 0.456 e. The van der Waals surface area contributed by atoms with Crippen molar-refractivity contribution in [2.24, 2.45) is 0 Å². The van der Waals surface area contributed by atoms with Crippen molar-refractivity contribution in [3.05, 3.63) is 152 Å². The molecular weight excluding hydrogens is 574 g/mol. The third kappa shape index (κ3) is 4.05. The predicted octanol–water partition coefficient (Wildman–Crippen LogP) is 11.2. The summed E-state index contributed by atoms with van der Waals surface area (Å²) in [5.41, 5.74) is 11.9. The van der Waals surface area contributed by atoms with E-state index in [4.69, 9.17) is 19.4 Å². The van der Waals surface area contributed by atoms with Crippen molar-refractivity contribution in [3.63, 3.8) is 0 Å². The maximum atomic E-state index is 6.23. The number of rotatable bonds is 4. The number of hydrogen-bond donors (Lipinski definition) is 0. The van der Waals surface area contributed by atoms with Crippen molar-refractivity contribution in [1.29, 1.82) is 0 Å². The Balaban J connectivity index is 1.16. The van der Waals surface area contributed by atoms with Gasteiger partial charge in [-0.15, -0.1) is 0 Å². The Kier molecular flexibility index (Phi) is 5.54. The molecule has 0 amide bonds. The number of furan rings is 1. The van der Waals surface area contributed by atoms with Crippen LogP contribution in [0.2, 0.25) is 0 Å². The maximum Gasteiger partial charge on any atom is 0.164 e. The first-order valence-corrected chi connectivity index (χ1v) is 15.8. The van der Waals surface area contributed by atoms with Gasteiger partial charge in [0.1, 0.15) is 11.2 Å². The molecule has 47 heavy (non-hydrogen) atoms. The molecule has 1 aliphatic rings. The summed E-state index contributed by atoms with van der Waals surface area (Å²) in [7, 11) is 0. The highest BCUT2D eigenvalue weighted by Crippen LogP contribution is 2.50. The van der Waals surface area contributed by atoms with Crippen molar-refractivity contribution in [1.82, 2.24) is 15.0 Å². The van der Waals surface area contributed by atoms with Crippen LogP contribution < -0.4 is 0 Å². The molecule has 0 N–H and O–H groups in total. The van der Waals surface area contributed by atoms with E-state index in [-0.39, 0.29) is 0 Å². The van der Waals surface area contributed by atoms with Gasteiger partial charge in [-0.3, -0.25) is 0 Å². The van der Waals surface area contributed by atoms with Crippen LogP contribution in [-0.2, 0) is 0 Å². The fourth-order valence-electron chi connectivity index (χ4n) is 7.07. The minimum absolute atomic E-state index is 0.607. The van der Waals surface area contributed by atoms with Crippen molar-refractivity contribution >= 4 is 32.7 Å². The van der Waals surface area contributed by atoms with E-state index in [0.717, 1.165) is 44.0 Å². The van der Waals surface area contributed by atoms with Gasteiger partial charge in [-0.1, -0.05) is 121 Å². The zero-order chi connectivity index (χ0) is 30.9. The molecule has 9 aromatic rings. The highest BCUT2D eigenvalue weighted by Gasteiger charge is 2.24. The molecule has 4 heteroatoms. The van der Waals surface area contributed by atoms with E-state index in [1.807, 2.05) is 54.6 Å². The molecule has 0 radical (unpaired) electrons. The first-order valence-electron chi connectivity index (χ1n) is 15.8. The SMILES string of the molecule is c1ccc(-c2ccc3c(c2)-c2ccc(-c4nc(-c5ccccc5)nc(-c5ccc6c(c5)oc5ccccc56)n4)c4cccc-3c24)cc1. The molecule has 0 atom stereocenters. The Morgan fingerprint density at radius 3 is 1.79 bits per heavy atom. The second-order valence-electron chi connectivity index (χ2n) is 12.0. The standard InChI is InChI=1S/C43H25N3O/c1-3-10-26(11-4-1)28-18-20-30-33-15-9-16-34-36(23-22-35(40(33)34)37(30)24-28)43-45-41(27-12-5-2-6-13-27)44-42(46-43)29-19-21-32-31-14-7-8-17-38(31)47-39(32)25-29/h1-25H. The zero-order valence-electron chi connectivity index (χ0n) is 25.2. The summed E-state index contributed by atoms with van der Waals surface area (Å²) in [5, 5.41) is 4.53. The maximum absolute atomic E-state index is 6.23. The number of aromatic nitrogens is 3. The smallest absolute Gasteiger partial charge is 0.164 e. The third-order valence-electron chi connectivity index (χ3n) is 9.29. The van der Waals surface area contributed by atoms with Crippen LogP contribution in [0.15, 0.2) is 156 Å². The molecule has 2 aromatic heterocycles. The van der Waals surface area contributed by atoms with Crippen LogP contribution in [0.4, 0.5) is 0 Å². The Labute approximate surface area is 270 Å². The Bertz CT molecular complexity index is 2680. The molecule has 0 aliphatic heterocycles. The average molecular weight is 600 g/mol. The third-order valence-corrected chi connectivity index (χ3v) is 9.29. The molecule has 0 saturated carbocycles. The lowest BCUT2D eigenvalue weighted by Crippen LogP contribution is -2.00. The van der Waals surface area contributed by atoms with Crippen molar-refractivity contribution in [2.45, 2.75) is 0 Å². The van der Waals surface area contributed by atoms with E-state index >= 15 is 0 Å². The molecule has 4 nitrogen and oxygen atoms in total. The highest BCUT2D eigenvalue weighted by molar-refractivity contribution is 6.18. The van der Waals surface area contributed by atoms with Crippen molar-refractivity contribution < 1.29 is 4.42 Å². The summed E-state index contributed by atoms with van der Waals surface area (Å²) in [4.78, 5) is 15.2. The van der Waals surface area contributed by atoms with Gasteiger partial charge in [-0.05, 0) is 74.5 Å². The van der Waals surface area contributed by atoms with Gasteiger partial charge in [0.15, 0.2) is 17.5 Å². The average Bonchev–Trinajstić information content (AvgIpc) is 3.68. The van der Waals surface area contributed by atoms with E-state index in [1.165, 1.54) is 38.8 Å². The molecule has 1 aliphatic carbocycles. The number of fused-ring (bicyclic) bond motifs is 6. The zero-order valence-corrected chi connectivity index (χ0v) is 25.2. The first kappa shape index (κ1) is 25.9. The van der Waals surface area contributed by atoms with E-state index in [9.17, 15) is 0 Å². The molecule has 0 saturated heterocycles. The lowest BCUT2D eigenvalue weighted by atomic mass is 9.97. The van der Waals surface area contributed by atoms with Crippen LogP contribution in [0.5, 0.6) is 0 Å². The Morgan fingerprint density at radius 1 is 0.319 bits per heavy atom. The summed E-state index contributed by atoms with van der Waals surface area (Å²) >= 11 is 0. The molecule has 0 fully saturated rings. The Morgan fingerprint density at radius 2 is 0.936 bits per heavy atom. The highest BCUT2D eigenvalue weighted by atomic mass is 16.3. The van der Waals surface area contributed by atoms with Crippen LogP contribution in [0.3, 0.4) is 0 Å². The van der Waals surface area contributed by atoms with Crippen LogP contribution in [0.25, 0.3) is 100 Å². The lowest BCUT2D eigenvalue weighted by Gasteiger charge is -2.11. The molecule has 7 aromatic carbocycles. The minimum atomic E-state index is 0.607. The van der Waals surface area contributed by atoms with Crippen molar-refractivity contribution in [3.8, 4) is 67.5 Å². The van der Waals surface area contributed by atoms with Gasteiger partial charge >= 0.3 is 0 Å². The fourth-order valence-corrected chi connectivity index (χ4v) is 7.07. The normalized spacial score (nSPS) is 11.8. The van der Waals surface area contributed by atoms with Gasteiger partial charge in [0, 0.05) is 27.5 Å². The monoisotopic (exact) mass is 599 g/mol. The van der Waals surface area contributed by atoms with Crippen LogP contribution in [-0.4, -0.2) is 15.0 Å². The molecule has 0 spiro atoms. The van der Waals surface area contributed by atoms with Gasteiger partial charge in [0.2, 0.25) is 0 Å². The lowest BCUT2D eigenvalue weighted by molar-refractivity contribution is 0.669. The number of benzene rings is 7. The van der Waals surface area contributed by atoms with E-state index in [0.29, 0.717) is 17.5 Å². The molecular formula is C43H25N3O. The van der Waals surface area contributed by atoms with Crippen molar-refractivity contribution in [2.75, 3.05) is 0 Å². The van der Waals surface area contributed by atoms with E-state index in [2.05, 4.69) is 97.1 Å². The van der Waals surface area contributed by atoms with Crippen LogP contribution >= 0.6 is 0 Å². The van der Waals surface area contributed by atoms with Gasteiger partial charge in [0.25, 0.3) is 0 Å². The molecule has 0 bridgehead atoms. The first-order chi connectivity index (χ1) is 23.3. The molecule has 10 rings (SSSR count). The van der Waals surface area contributed by atoms with E-state index < -0.39 is 0 Å². The summed E-state index contributed by atoms with van der Waals surface area (Å²) in [6.07, 6.45) is 0. The minimum Gasteiger partial charge on any atom is -0.456 e. The molecule has 2 heterocycles. The quantitative estimate of drug-likeness (QED) is 0.202. The fraction of sp³-hybridized carbons (Fsp3) is 0. The van der Waals surface area contributed by atoms with E-state index in [1.54, 1.807) is 0 Å². The van der Waals surface area contributed by atoms with Crippen LogP contribution in [0.1, 0.15) is 0 Å². The molecule has 218 valence electrons. The number of para-hydroxylation sites is 1. The van der Waals surface area contributed by atoms with Gasteiger partial charge < -0.3 is 4.42 Å². The predicted molar refractivity (Wildman–Crippen MR) is 191 cm³/mol.